The average molecular weight is 134 g/mol. The van der Waals surface area contributed by atoms with Crippen LogP contribution in [-0.4, -0.2) is 25.0 Å². The molecule has 2 rings (SSSR count). The molecule has 1 radical (unpaired) electrons. The van der Waals surface area contributed by atoms with E-state index in [0.29, 0.717) is 5.95 Å². The van der Waals surface area contributed by atoms with Gasteiger partial charge in [-0.15, -0.1) is 5.10 Å². The Kier molecular flexibility index (Phi) is 1.00. The van der Waals surface area contributed by atoms with Gasteiger partial charge in [-0.2, -0.15) is 4.68 Å². The van der Waals surface area contributed by atoms with Gasteiger partial charge >= 0.3 is 0 Å². The minimum Gasteiger partial charge on any atom is -0.329 e. The molecule has 2 aromatic rings. The number of aromatic amines is 1. The second-order valence-corrected chi connectivity index (χ2v) is 1.70. The quantitative estimate of drug-likeness (QED) is 0.587. The molecule has 49 valence electrons. The maximum absolute atomic E-state index is 3.94. The zero-order valence-corrected chi connectivity index (χ0v) is 5.02. The molecule has 5 nitrogen and oxygen atoms in total. The third-order valence-electron chi connectivity index (χ3n) is 1.08. The second-order valence-electron chi connectivity index (χ2n) is 1.70. The minimum absolute atomic E-state index is 0.647. The Balaban J connectivity index is 2.48. The van der Waals surface area contributed by atoms with E-state index in [1.807, 2.05) is 0 Å². The summed E-state index contributed by atoms with van der Waals surface area (Å²) in [6.07, 6.45) is 7.52. The number of aromatic nitrogens is 5. The lowest BCUT2D eigenvalue weighted by molar-refractivity contribution is 0.765. The van der Waals surface area contributed by atoms with Crippen molar-refractivity contribution in [2.45, 2.75) is 0 Å². The molecule has 0 atom stereocenters. The maximum atomic E-state index is 3.94. The molecular weight excluding hydrogens is 130 g/mol. The molecule has 10 heavy (non-hydrogen) atoms. The van der Waals surface area contributed by atoms with Gasteiger partial charge in [0.1, 0.15) is 6.20 Å². The fourth-order valence-corrected chi connectivity index (χ4v) is 0.666. The van der Waals surface area contributed by atoms with Gasteiger partial charge in [0.15, 0.2) is 0 Å². The van der Waals surface area contributed by atoms with E-state index in [1.165, 1.54) is 4.68 Å². The number of nitrogens with zero attached hydrogens (tertiary/aromatic N) is 4. The highest BCUT2D eigenvalue weighted by atomic mass is 15.5. The number of nitrogens with one attached hydrogen (secondary N) is 1. The van der Waals surface area contributed by atoms with E-state index < -0.39 is 0 Å². The highest BCUT2D eigenvalue weighted by Gasteiger charge is 1.95. The van der Waals surface area contributed by atoms with Crippen molar-refractivity contribution in [3.05, 3.63) is 24.8 Å². The lowest BCUT2D eigenvalue weighted by Crippen LogP contribution is -1.96. The number of hydrogen-bond acceptors (Lipinski definition) is 3. The van der Waals surface area contributed by atoms with Gasteiger partial charge in [0, 0.05) is 12.4 Å². The topological polar surface area (TPSA) is 59.4 Å². The lowest BCUT2D eigenvalue weighted by Gasteiger charge is -1.88. The van der Waals surface area contributed by atoms with Gasteiger partial charge in [0.25, 0.3) is 0 Å². The Morgan fingerprint density at radius 1 is 1.60 bits per heavy atom. The number of rotatable bonds is 1. The van der Waals surface area contributed by atoms with Crippen LogP contribution < -0.4 is 0 Å². The molecule has 0 unspecified atom stereocenters. The van der Waals surface area contributed by atoms with Crippen molar-refractivity contribution < 1.29 is 0 Å². The van der Waals surface area contributed by atoms with Crippen LogP contribution in [0.2, 0.25) is 0 Å². The van der Waals surface area contributed by atoms with Crippen LogP contribution in [0.1, 0.15) is 0 Å². The molecule has 0 fully saturated rings. The molecule has 0 saturated carbocycles. The predicted octanol–water partition coefficient (Wildman–Crippen LogP) is -0.209. The molecule has 0 aliphatic heterocycles. The van der Waals surface area contributed by atoms with Crippen LogP contribution in [0.25, 0.3) is 5.95 Å². The van der Waals surface area contributed by atoms with E-state index in [2.05, 4.69) is 26.5 Å². The van der Waals surface area contributed by atoms with Gasteiger partial charge in [-0.05, 0) is 0 Å². The van der Waals surface area contributed by atoms with Gasteiger partial charge < -0.3 is 4.98 Å². The van der Waals surface area contributed by atoms with E-state index in [1.54, 1.807) is 18.6 Å². The highest BCUT2D eigenvalue weighted by Crippen LogP contribution is 1.92. The van der Waals surface area contributed by atoms with E-state index in [-0.39, 0.29) is 0 Å². The summed E-state index contributed by atoms with van der Waals surface area (Å²) in [5, 5.41) is 7.18. The first-order valence-electron chi connectivity index (χ1n) is 2.75. The highest BCUT2D eigenvalue weighted by molar-refractivity contribution is 5.05. The summed E-state index contributed by atoms with van der Waals surface area (Å²) in [6.45, 7) is 0. The minimum atomic E-state index is 0.647. The third-order valence-corrected chi connectivity index (χ3v) is 1.08. The van der Waals surface area contributed by atoms with Crippen LogP contribution in [0.5, 0.6) is 0 Å². The molecule has 2 heterocycles. The summed E-state index contributed by atoms with van der Waals surface area (Å²) in [7, 11) is 0. The normalized spacial score (nSPS) is 10.0. The summed E-state index contributed by atoms with van der Waals surface area (Å²) >= 11 is 0. The second kappa shape index (κ2) is 1.94. The van der Waals surface area contributed by atoms with Gasteiger partial charge in [-0.1, -0.05) is 5.21 Å². The van der Waals surface area contributed by atoms with Gasteiger partial charge in [-0.25, -0.2) is 4.98 Å². The Morgan fingerprint density at radius 3 is 3.20 bits per heavy atom. The molecule has 5 heteroatoms. The smallest absolute Gasteiger partial charge is 0.229 e. The molecule has 2 aromatic heterocycles. The molecule has 0 amide bonds. The predicted molar refractivity (Wildman–Crippen MR) is 32.3 cm³/mol. The first-order valence-corrected chi connectivity index (χ1v) is 2.75. The molecule has 0 aromatic carbocycles. The Bertz CT molecular complexity index is 249. The molecule has 0 aliphatic carbocycles. The molecule has 0 aliphatic rings. The van der Waals surface area contributed by atoms with E-state index >= 15 is 0 Å². The SMILES string of the molecule is [c]1cn(-c2ncc[nH]2)nn1. The maximum Gasteiger partial charge on any atom is 0.229 e. The fraction of sp³-hybridized carbons (Fsp3) is 0. The van der Waals surface area contributed by atoms with E-state index in [9.17, 15) is 0 Å². The Hall–Kier alpha value is -1.65. The van der Waals surface area contributed by atoms with Crippen LogP contribution in [0, 0.1) is 6.20 Å². The average Bonchev–Trinajstić information content (AvgIpc) is 2.59. The van der Waals surface area contributed by atoms with Crippen LogP contribution in [-0.2, 0) is 0 Å². The summed E-state index contributed by atoms with van der Waals surface area (Å²) in [6, 6.07) is 0. The van der Waals surface area contributed by atoms with Crippen molar-refractivity contribution in [1.82, 2.24) is 25.0 Å². The van der Waals surface area contributed by atoms with Gasteiger partial charge in [0.2, 0.25) is 5.95 Å². The largest absolute Gasteiger partial charge is 0.329 e. The summed E-state index contributed by atoms with van der Waals surface area (Å²) in [5.74, 6) is 0.647. The van der Waals surface area contributed by atoms with Gasteiger partial charge in [0.05, 0.1) is 6.20 Å². The number of H-pyrrole nitrogens is 1. The van der Waals surface area contributed by atoms with Crippen LogP contribution >= 0.6 is 0 Å². The molecule has 0 saturated heterocycles. The van der Waals surface area contributed by atoms with Gasteiger partial charge in [-0.3, -0.25) is 0 Å². The monoisotopic (exact) mass is 134 g/mol. The zero-order chi connectivity index (χ0) is 6.81. The molecule has 1 N–H and O–H groups in total. The van der Waals surface area contributed by atoms with Crippen molar-refractivity contribution in [2.75, 3.05) is 0 Å². The summed E-state index contributed by atoms with van der Waals surface area (Å²) in [5.41, 5.74) is 0. The van der Waals surface area contributed by atoms with Crippen molar-refractivity contribution in [3.8, 4) is 5.95 Å². The van der Waals surface area contributed by atoms with Crippen LogP contribution in [0.4, 0.5) is 0 Å². The Morgan fingerprint density at radius 2 is 2.60 bits per heavy atom. The summed E-state index contributed by atoms with van der Waals surface area (Å²) < 4.78 is 1.50. The molecule has 0 bridgehead atoms. The van der Waals surface area contributed by atoms with Crippen molar-refractivity contribution >= 4 is 0 Å². The fourth-order valence-electron chi connectivity index (χ4n) is 0.666. The first kappa shape index (κ1) is 5.16. The number of imidazole rings is 1. The number of hydrogen-bond donors (Lipinski definition) is 1. The van der Waals surface area contributed by atoms with Crippen LogP contribution in [0.15, 0.2) is 18.6 Å². The first-order chi connectivity index (χ1) is 4.97. The summed E-state index contributed by atoms with van der Waals surface area (Å²) in [4.78, 5) is 6.81. The molecule has 0 spiro atoms. The van der Waals surface area contributed by atoms with E-state index in [0.717, 1.165) is 0 Å². The zero-order valence-electron chi connectivity index (χ0n) is 5.02. The van der Waals surface area contributed by atoms with Crippen molar-refractivity contribution in [1.29, 1.82) is 0 Å². The van der Waals surface area contributed by atoms with Crippen molar-refractivity contribution in [3.63, 3.8) is 0 Å². The van der Waals surface area contributed by atoms with Crippen molar-refractivity contribution in [2.24, 2.45) is 0 Å². The molecular formula is C5H4N5. The lowest BCUT2D eigenvalue weighted by atomic mass is 10.9. The third kappa shape index (κ3) is 0.680. The van der Waals surface area contributed by atoms with E-state index in [4.69, 9.17) is 0 Å². The van der Waals surface area contributed by atoms with Crippen LogP contribution in [0.3, 0.4) is 0 Å². The Labute approximate surface area is 56.7 Å². The standard InChI is InChI=1S/C5H4N5/c1-2-7-5(6-1)10-4-3-8-9-10/h1-2,4H,(H,6,7).